The summed E-state index contributed by atoms with van der Waals surface area (Å²) in [5.41, 5.74) is 3.59. The highest BCUT2D eigenvalue weighted by molar-refractivity contribution is 7.99. The van der Waals surface area contributed by atoms with Gasteiger partial charge < -0.3 is 10.7 Å². The van der Waals surface area contributed by atoms with Crippen molar-refractivity contribution in [2.45, 2.75) is 6.42 Å². The van der Waals surface area contributed by atoms with Crippen LogP contribution >= 0.6 is 11.8 Å². The van der Waals surface area contributed by atoms with E-state index in [0.717, 1.165) is 23.8 Å². The van der Waals surface area contributed by atoms with E-state index in [1.807, 2.05) is 48.2 Å². The van der Waals surface area contributed by atoms with Crippen LogP contribution < -0.4 is 16.6 Å². The van der Waals surface area contributed by atoms with Gasteiger partial charge in [-0.05, 0) is 23.8 Å². The summed E-state index contributed by atoms with van der Waals surface area (Å²) in [7, 11) is 0. The molecule has 1 aromatic carbocycles. The predicted octanol–water partition coefficient (Wildman–Crippen LogP) is 2.59. The minimum atomic E-state index is 0.618. The van der Waals surface area contributed by atoms with Gasteiger partial charge in [0.1, 0.15) is 11.6 Å². The summed E-state index contributed by atoms with van der Waals surface area (Å²) < 4.78 is 0. The number of nitrogen functional groups attached to an aromatic ring is 1. The molecule has 0 amide bonds. The average Bonchev–Trinajstić information content (AvgIpc) is 3.07. The molecule has 0 spiro atoms. The molecular formula is C15H19N5S. The van der Waals surface area contributed by atoms with Gasteiger partial charge in [-0.1, -0.05) is 30.3 Å². The van der Waals surface area contributed by atoms with Crippen LogP contribution in [0.2, 0.25) is 0 Å². The van der Waals surface area contributed by atoms with Gasteiger partial charge in [-0.25, -0.2) is 15.8 Å². The quantitative estimate of drug-likeness (QED) is 0.582. The largest absolute Gasteiger partial charge is 0.370 e. The number of hydrogen-bond acceptors (Lipinski definition) is 6. The summed E-state index contributed by atoms with van der Waals surface area (Å²) in [5, 5.41) is 3.41. The smallest absolute Gasteiger partial charge is 0.163 e. The Kier molecular flexibility index (Phi) is 4.57. The molecule has 0 saturated carbocycles. The molecule has 0 radical (unpaired) electrons. The zero-order valence-electron chi connectivity index (χ0n) is 11.7. The van der Waals surface area contributed by atoms with E-state index in [9.17, 15) is 0 Å². The van der Waals surface area contributed by atoms with Gasteiger partial charge >= 0.3 is 0 Å². The highest BCUT2D eigenvalue weighted by Gasteiger charge is 2.15. The maximum Gasteiger partial charge on any atom is 0.163 e. The zero-order valence-corrected chi connectivity index (χ0v) is 12.6. The summed E-state index contributed by atoms with van der Waals surface area (Å²) in [6.45, 7) is 0.947. The van der Waals surface area contributed by atoms with Crippen molar-refractivity contribution in [2.75, 3.05) is 28.8 Å². The van der Waals surface area contributed by atoms with Crippen LogP contribution in [0.3, 0.4) is 0 Å². The number of nitrogens with one attached hydrogen (secondary N) is 2. The minimum Gasteiger partial charge on any atom is -0.370 e. The van der Waals surface area contributed by atoms with Crippen LogP contribution in [0.4, 0.5) is 11.6 Å². The summed E-state index contributed by atoms with van der Waals surface area (Å²) in [4.78, 5) is 9.00. The Labute approximate surface area is 128 Å². The fraction of sp³-hybridized carbons (Fsp3) is 0.333. The highest BCUT2D eigenvalue weighted by Crippen LogP contribution is 2.24. The Balaban J connectivity index is 1.79. The van der Waals surface area contributed by atoms with Crippen molar-refractivity contribution in [3.8, 4) is 11.4 Å². The van der Waals surface area contributed by atoms with Crippen LogP contribution in [0.1, 0.15) is 6.42 Å². The van der Waals surface area contributed by atoms with Crippen LogP contribution in [-0.4, -0.2) is 28.0 Å². The third kappa shape index (κ3) is 3.65. The standard InChI is InChI=1S/C15H19N5S/c16-20-14-8-13(17-9-11-6-7-21-10-11)18-15(19-14)12-4-2-1-3-5-12/h1-5,8,11H,6-7,9-10,16H2,(H2,17,18,19,20). The monoisotopic (exact) mass is 301 g/mol. The molecule has 2 heterocycles. The van der Waals surface area contributed by atoms with Gasteiger partial charge in [0.05, 0.1) is 0 Å². The molecule has 1 atom stereocenters. The molecule has 0 aliphatic carbocycles. The van der Waals surface area contributed by atoms with Crippen LogP contribution in [0.15, 0.2) is 36.4 Å². The molecule has 4 N–H and O–H groups in total. The normalized spacial score (nSPS) is 17.7. The number of benzene rings is 1. The third-order valence-electron chi connectivity index (χ3n) is 3.50. The summed E-state index contributed by atoms with van der Waals surface area (Å²) >= 11 is 2.02. The number of nitrogens with two attached hydrogens (primary N) is 1. The summed E-state index contributed by atoms with van der Waals surface area (Å²) in [5.74, 6) is 10.8. The second kappa shape index (κ2) is 6.78. The number of hydrogen-bond donors (Lipinski definition) is 3. The Morgan fingerprint density at radius 3 is 2.71 bits per heavy atom. The van der Waals surface area contributed by atoms with E-state index < -0.39 is 0 Å². The van der Waals surface area contributed by atoms with Gasteiger partial charge in [0, 0.05) is 18.2 Å². The molecule has 3 rings (SSSR count). The molecule has 110 valence electrons. The first kappa shape index (κ1) is 14.2. The molecule has 5 nitrogen and oxygen atoms in total. The highest BCUT2D eigenvalue weighted by atomic mass is 32.2. The molecule has 1 saturated heterocycles. The van der Waals surface area contributed by atoms with Crippen molar-refractivity contribution >= 4 is 23.4 Å². The lowest BCUT2D eigenvalue weighted by Gasteiger charge is -2.12. The second-order valence-electron chi connectivity index (χ2n) is 5.08. The van der Waals surface area contributed by atoms with Gasteiger partial charge in [-0.3, -0.25) is 0 Å². The van der Waals surface area contributed by atoms with E-state index in [2.05, 4.69) is 20.7 Å². The molecule has 1 aliphatic heterocycles. The van der Waals surface area contributed by atoms with Gasteiger partial charge in [-0.2, -0.15) is 11.8 Å². The molecule has 1 fully saturated rings. The summed E-state index contributed by atoms with van der Waals surface area (Å²) in [6.07, 6.45) is 1.27. The topological polar surface area (TPSA) is 75.9 Å². The van der Waals surface area contributed by atoms with Crippen molar-refractivity contribution in [2.24, 2.45) is 11.8 Å². The van der Waals surface area contributed by atoms with Gasteiger partial charge in [0.2, 0.25) is 0 Å². The molecular weight excluding hydrogens is 282 g/mol. The maximum absolute atomic E-state index is 5.51. The minimum absolute atomic E-state index is 0.618. The molecule has 1 aliphatic rings. The molecule has 1 aromatic heterocycles. The lowest BCUT2D eigenvalue weighted by atomic mass is 10.1. The fourth-order valence-electron chi connectivity index (χ4n) is 2.32. The Hall–Kier alpha value is -1.79. The summed E-state index contributed by atoms with van der Waals surface area (Å²) in [6, 6.07) is 11.8. The molecule has 0 bridgehead atoms. The first-order chi connectivity index (χ1) is 10.3. The Morgan fingerprint density at radius 1 is 1.19 bits per heavy atom. The van der Waals surface area contributed by atoms with E-state index in [1.54, 1.807) is 0 Å². The van der Waals surface area contributed by atoms with Crippen molar-refractivity contribution in [3.05, 3.63) is 36.4 Å². The van der Waals surface area contributed by atoms with E-state index in [-0.39, 0.29) is 0 Å². The molecule has 21 heavy (non-hydrogen) atoms. The molecule has 1 unspecified atom stereocenters. The Morgan fingerprint density at radius 2 is 2.00 bits per heavy atom. The first-order valence-corrected chi connectivity index (χ1v) is 8.23. The SMILES string of the molecule is NNc1cc(NCC2CCSC2)nc(-c2ccccc2)n1. The van der Waals surface area contributed by atoms with Gasteiger partial charge in [0.15, 0.2) is 5.82 Å². The first-order valence-electron chi connectivity index (χ1n) is 7.08. The van der Waals surface area contributed by atoms with Crippen LogP contribution in [0.5, 0.6) is 0 Å². The fourth-order valence-corrected chi connectivity index (χ4v) is 3.61. The zero-order chi connectivity index (χ0) is 14.5. The number of nitrogens with zero attached hydrogens (tertiary/aromatic N) is 2. The van der Waals surface area contributed by atoms with E-state index in [1.165, 1.54) is 17.9 Å². The second-order valence-corrected chi connectivity index (χ2v) is 6.23. The van der Waals surface area contributed by atoms with Gasteiger partial charge in [0.25, 0.3) is 0 Å². The van der Waals surface area contributed by atoms with Crippen molar-refractivity contribution < 1.29 is 0 Å². The van der Waals surface area contributed by atoms with Crippen molar-refractivity contribution in [3.63, 3.8) is 0 Å². The number of hydrazine groups is 1. The Bertz CT molecular complexity index is 584. The van der Waals surface area contributed by atoms with Crippen LogP contribution in [0, 0.1) is 5.92 Å². The van der Waals surface area contributed by atoms with Crippen molar-refractivity contribution in [1.82, 2.24) is 9.97 Å². The molecule has 2 aromatic rings. The number of rotatable bonds is 5. The van der Waals surface area contributed by atoms with Gasteiger partial charge in [-0.15, -0.1) is 0 Å². The predicted molar refractivity (Wildman–Crippen MR) is 89.2 cm³/mol. The number of anilines is 2. The van der Waals surface area contributed by atoms with Crippen molar-refractivity contribution in [1.29, 1.82) is 0 Å². The van der Waals surface area contributed by atoms with Crippen LogP contribution in [-0.2, 0) is 0 Å². The lowest BCUT2D eigenvalue weighted by molar-refractivity contribution is 0.630. The van der Waals surface area contributed by atoms with E-state index >= 15 is 0 Å². The average molecular weight is 301 g/mol. The third-order valence-corrected chi connectivity index (χ3v) is 4.73. The maximum atomic E-state index is 5.51. The molecule has 6 heteroatoms. The van der Waals surface area contributed by atoms with E-state index in [0.29, 0.717) is 11.6 Å². The van der Waals surface area contributed by atoms with Crippen LogP contribution in [0.25, 0.3) is 11.4 Å². The number of thioether (sulfide) groups is 1. The number of aromatic nitrogens is 2. The van der Waals surface area contributed by atoms with E-state index in [4.69, 9.17) is 5.84 Å². The lowest BCUT2D eigenvalue weighted by Crippen LogP contribution is -2.16.